The number of hydrogen-bond acceptors (Lipinski definition) is 5. The summed E-state index contributed by atoms with van der Waals surface area (Å²) >= 11 is 1.81. The minimum atomic E-state index is -0.750. The Balaban J connectivity index is 2.16. The van der Waals surface area contributed by atoms with E-state index in [9.17, 15) is 4.79 Å². The molecule has 1 aliphatic rings. The Morgan fingerprint density at radius 2 is 2.42 bits per heavy atom. The van der Waals surface area contributed by atoms with Crippen LogP contribution in [-0.4, -0.2) is 45.1 Å². The van der Waals surface area contributed by atoms with Crippen molar-refractivity contribution in [3.05, 3.63) is 18.1 Å². The maximum absolute atomic E-state index is 10.9. The summed E-state index contributed by atoms with van der Waals surface area (Å²) in [6, 6.07) is 2.02. The molecule has 19 heavy (non-hydrogen) atoms. The number of thioether (sulfide) groups is 1. The van der Waals surface area contributed by atoms with Gasteiger partial charge in [-0.25, -0.2) is 9.97 Å². The van der Waals surface area contributed by atoms with Crippen LogP contribution in [-0.2, 0) is 11.2 Å². The molecule has 2 rings (SSSR count). The van der Waals surface area contributed by atoms with Gasteiger partial charge in [-0.3, -0.25) is 4.79 Å². The van der Waals surface area contributed by atoms with Gasteiger partial charge in [0.05, 0.1) is 6.42 Å². The van der Waals surface area contributed by atoms with E-state index in [1.165, 1.54) is 0 Å². The van der Waals surface area contributed by atoms with Gasteiger partial charge < -0.3 is 10.0 Å². The molecule has 6 heteroatoms. The zero-order valence-electron chi connectivity index (χ0n) is 11.1. The highest BCUT2D eigenvalue weighted by Crippen LogP contribution is 2.24. The highest BCUT2D eigenvalue weighted by molar-refractivity contribution is 7.99. The summed E-state index contributed by atoms with van der Waals surface area (Å²) in [4.78, 5) is 21.6. The lowest BCUT2D eigenvalue weighted by Crippen LogP contribution is -2.44. The van der Waals surface area contributed by atoms with E-state index in [1.807, 2.05) is 17.8 Å². The Hall–Kier alpha value is -1.30. The fraction of sp³-hybridized carbons (Fsp3) is 0.615. The molecule has 1 fully saturated rings. The van der Waals surface area contributed by atoms with Crippen molar-refractivity contribution in [2.24, 2.45) is 0 Å². The van der Waals surface area contributed by atoms with E-state index in [2.05, 4.69) is 21.8 Å². The number of rotatable bonds is 5. The van der Waals surface area contributed by atoms with Gasteiger partial charge in [0.25, 0.3) is 0 Å². The molecule has 0 radical (unpaired) electrons. The molecule has 5 nitrogen and oxygen atoms in total. The van der Waals surface area contributed by atoms with Crippen molar-refractivity contribution in [2.75, 3.05) is 23.0 Å². The second-order valence-corrected chi connectivity index (χ2v) is 5.79. The predicted octanol–water partition coefficient (Wildman–Crippen LogP) is 1.83. The lowest BCUT2D eigenvalue weighted by atomic mass is 10.2. The van der Waals surface area contributed by atoms with E-state index in [0.29, 0.717) is 0 Å². The van der Waals surface area contributed by atoms with Gasteiger partial charge in [-0.05, 0) is 6.42 Å². The molecular formula is C13H19N3O2S. The van der Waals surface area contributed by atoms with Gasteiger partial charge in [-0.1, -0.05) is 13.3 Å². The number of hydrogen-bond donors (Lipinski definition) is 1. The number of aliphatic carboxylic acids is 1. The molecule has 0 aromatic carbocycles. The minimum Gasteiger partial charge on any atom is -0.481 e. The van der Waals surface area contributed by atoms with Crippen LogP contribution in [0.1, 0.15) is 25.5 Å². The summed E-state index contributed by atoms with van der Waals surface area (Å²) in [5.74, 6) is 1.98. The van der Waals surface area contributed by atoms with Crippen molar-refractivity contribution in [1.82, 2.24) is 9.97 Å². The first kappa shape index (κ1) is 14.1. The summed E-state index contributed by atoms with van der Waals surface area (Å²) in [5.41, 5.74) is 1.03. The molecule has 0 amide bonds. The molecular weight excluding hydrogens is 262 g/mol. The van der Waals surface area contributed by atoms with Crippen LogP contribution in [0.2, 0.25) is 0 Å². The van der Waals surface area contributed by atoms with Gasteiger partial charge in [-0.2, -0.15) is 11.8 Å². The smallest absolute Gasteiger partial charge is 0.305 e. The summed E-state index contributed by atoms with van der Waals surface area (Å²) in [7, 11) is 0. The fourth-order valence-corrected chi connectivity index (χ4v) is 3.33. The van der Waals surface area contributed by atoms with Crippen LogP contribution < -0.4 is 4.90 Å². The summed E-state index contributed by atoms with van der Waals surface area (Å²) in [6.07, 6.45) is 3.73. The largest absolute Gasteiger partial charge is 0.481 e. The molecule has 1 aromatic heterocycles. The standard InChI is InChI=1S/C13H19N3O2S/c1-2-3-10-6-12(15-9-14-10)16-4-5-19-8-11(16)7-13(17)18/h6,9,11H,2-5,7-8H2,1H3,(H,17,18). The normalized spacial score (nSPS) is 19.4. The van der Waals surface area contributed by atoms with Gasteiger partial charge in [0.15, 0.2) is 0 Å². The first-order valence-corrected chi connectivity index (χ1v) is 7.73. The Bertz CT molecular complexity index is 442. The van der Waals surface area contributed by atoms with Crippen molar-refractivity contribution < 1.29 is 9.90 Å². The van der Waals surface area contributed by atoms with Crippen LogP contribution in [0.3, 0.4) is 0 Å². The first-order valence-electron chi connectivity index (χ1n) is 6.57. The summed E-state index contributed by atoms with van der Waals surface area (Å²) < 4.78 is 0. The predicted molar refractivity (Wildman–Crippen MR) is 76.7 cm³/mol. The molecule has 1 N–H and O–H groups in total. The number of carboxylic acid groups (broad SMARTS) is 1. The Morgan fingerprint density at radius 1 is 1.58 bits per heavy atom. The molecule has 1 saturated heterocycles. The number of anilines is 1. The van der Waals surface area contributed by atoms with Crippen LogP contribution in [0.25, 0.3) is 0 Å². The second-order valence-electron chi connectivity index (χ2n) is 4.64. The summed E-state index contributed by atoms with van der Waals surface area (Å²) in [5, 5.41) is 9.00. The average Bonchev–Trinajstić information content (AvgIpc) is 2.39. The molecule has 104 valence electrons. The average molecular weight is 281 g/mol. The van der Waals surface area contributed by atoms with Gasteiger partial charge in [0.2, 0.25) is 0 Å². The molecule has 0 aliphatic carbocycles. The molecule has 1 aromatic rings. The fourth-order valence-electron chi connectivity index (χ4n) is 2.26. The van der Waals surface area contributed by atoms with Crippen molar-refractivity contribution in [3.63, 3.8) is 0 Å². The highest BCUT2D eigenvalue weighted by Gasteiger charge is 2.26. The van der Waals surface area contributed by atoms with Crippen LogP contribution in [0.5, 0.6) is 0 Å². The van der Waals surface area contributed by atoms with Gasteiger partial charge >= 0.3 is 5.97 Å². The van der Waals surface area contributed by atoms with E-state index in [-0.39, 0.29) is 12.5 Å². The van der Waals surface area contributed by atoms with Crippen molar-refractivity contribution in [2.45, 2.75) is 32.2 Å². The zero-order chi connectivity index (χ0) is 13.7. The third kappa shape index (κ3) is 3.83. The van der Waals surface area contributed by atoms with Crippen molar-refractivity contribution in [1.29, 1.82) is 0 Å². The quantitative estimate of drug-likeness (QED) is 0.888. The number of carboxylic acids is 1. The van der Waals surface area contributed by atoms with E-state index in [1.54, 1.807) is 6.33 Å². The number of nitrogens with zero attached hydrogens (tertiary/aromatic N) is 3. The second kappa shape index (κ2) is 6.75. The third-order valence-electron chi connectivity index (χ3n) is 3.15. The lowest BCUT2D eigenvalue weighted by Gasteiger charge is -2.35. The Labute approximate surface area is 117 Å². The van der Waals surface area contributed by atoms with E-state index in [4.69, 9.17) is 5.11 Å². The molecule has 0 saturated carbocycles. The maximum atomic E-state index is 10.9. The maximum Gasteiger partial charge on any atom is 0.305 e. The van der Waals surface area contributed by atoms with Crippen molar-refractivity contribution in [3.8, 4) is 0 Å². The topological polar surface area (TPSA) is 66.3 Å². The lowest BCUT2D eigenvalue weighted by molar-refractivity contribution is -0.137. The van der Waals surface area contributed by atoms with Gasteiger partial charge in [0.1, 0.15) is 12.1 Å². The highest BCUT2D eigenvalue weighted by atomic mass is 32.2. The van der Waals surface area contributed by atoms with Crippen LogP contribution in [0.15, 0.2) is 12.4 Å². The Kier molecular flexibility index (Phi) is 5.01. The van der Waals surface area contributed by atoms with E-state index >= 15 is 0 Å². The van der Waals surface area contributed by atoms with Crippen LogP contribution in [0.4, 0.5) is 5.82 Å². The third-order valence-corrected chi connectivity index (χ3v) is 4.24. The molecule has 1 atom stereocenters. The zero-order valence-corrected chi connectivity index (χ0v) is 11.9. The SMILES string of the molecule is CCCc1cc(N2CCSCC2CC(=O)O)ncn1. The Morgan fingerprint density at radius 3 is 3.16 bits per heavy atom. The van der Waals surface area contributed by atoms with Crippen LogP contribution >= 0.6 is 11.8 Å². The van der Waals surface area contributed by atoms with E-state index in [0.717, 1.165) is 42.4 Å². The monoisotopic (exact) mass is 281 g/mol. The molecule has 1 aliphatic heterocycles. The van der Waals surface area contributed by atoms with Crippen LogP contribution in [0, 0.1) is 0 Å². The van der Waals surface area contributed by atoms with Gasteiger partial charge in [-0.15, -0.1) is 0 Å². The number of carbonyl (C=O) groups is 1. The number of aromatic nitrogens is 2. The number of aryl methyl sites for hydroxylation is 1. The first-order chi connectivity index (χ1) is 9.20. The van der Waals surface area contributed by atoms with Crippen molar-refractivity contribution >= 4 is 23.5 Å². The minimum absolute atomic E-state index is 0.0284. The van der Waals surface area contributed by atoms with Gasteiger partial charge in [0, 0.05) is 35.9 Å². The molecule has 1 unspecified atom stereocenters. The molecule has 0 spiro atoms. The summed E-state index contributed by atoms with van der Waals surface area (Å²) in [6.45, 7) is 2.97. The molecule has 2 heterocycles. The molecule has 0 bridgehead atoms. The van der Waals surface area contributed by atoms with E-state index < -0.39 is 5.97 Å².